The lowest BCUT2D eigenvalue weighted by molar-refractivity contribution is 0.0512. The van der Waals surface area contributed by atoms with Crippen molar-refractivity contribution in [3.05, 3.63) is 0 Å². The molecule has 1 heterocycles. The summed E-state index contributed by atoms with van der Waals surface area (Å²) in [6, 6.07) is 0. The summed E-state index contributed by atoms with van der Waals surface area (Å²) >= 11 is 0. The standard InChI is InChI=1S/C10H21NO6S2/c1-11-7-6-9(10(11)17-18(2,12)13)5-3-4-8-19(14,15)16/h9-10H,3-8H2,1-2H3,(H,14,15,16). The van der Waals surface area contributed by atoms with E-state index in [1.165, 1.54) is 0 Å². The van der Waals surface area contributed by atoms with Gasteiger partial charge in [0.25, 0.3) is 20.2 Å². The molecule has 0 saturated carbocycles. The summed E-state index contributed by atoms with van der Waals surface area (Å²) in [5, 5.41) is 0. The summed E-state index contributed by atoms with van der Waals surface area (Å²) in [5.74, 6) is -0.186. The van der Waals surface area contributed by atoms with Gasteiger partial charge in [0, 0.05) is 12.5 Å². The van der Waals surface area contributed by atoms with Crippen LogP contribution in [0.5, 0.6) is 0 Å². The van der Waals surface area contributed by atoms with E-state index in [0.717, 1.165) is 19.2 Å². The first-order chi connectivity index (χ1) is 8.58. The predicted octanol–water partition coefficient (Wildman–Crippen LogP) is 0.299. The minimum atomic E-state index is -3.91. The molecule has 0 aliphatic carbocycles. The molecular weight excluding hydrogens is 294 g/mol. The van der Waals surface area contributed by atoms with Gasteiger partial charge in [0.05, 0.1) is 12.0 Å². The van der Waals surface area contributed by atoms with Crippen LogP contribution in [-0.2, 0) is 24.4 Å². The van der Waals surface area contributed by atoms with Crippen molar-refractivity contribution in [1.82, 2.24) is 4.90 Å². The van der Waals surface area contributed by atoms with Crippen molar-refractivity contribution in [3.63, 3.8) is 0 Å². The summed E-state index contributed by atoms with van der Waals surface area (Å²) in [5.41, 5.74) is 0. The smallest absolute Gasteiger partial charge is 0.265 e. The number of nitrogens with zero attached hydrogens (tertiary/aromatic N) is 1. The third-order valence-corrected chi connectivity index (χ3v) is 4.54. The average Bonchev–Trinajstić information content (AvgIpc) is 2.52. The molecule has 0 aromatic heterocycles. The molecule has 1 rings (SSSR count). The zero-order chi connectivity index (χ0) is 14.7. The minimum absolute atomic E-state index is 0.0705. The Morgan fingerprint density at radius 3 is 2.42 bits per heavy atom. The molecule has 0 aromatic rings. The first-order valence-corrected chi connectivity index (χ1v) is 9.55. The highest BCUT2D eigenvalue weighted by atomic mass is 32.2. The highest BCUT2D eigenvalue weighted by molar-refractivity contribution is 7.86. The van der Waals surface area contributed by atoms with Crippen molar-refractivity contribution in [2.75, 3.05) is 25.6 Å². The molecule has 1 fully saturated rings. The van der Waals surface area contributed by atoms with Crippen molar-refractivity contribution in [2.24, 2.45) is 5.92 Å². The van der Waals surface area contributed by atoms with Crippen molar-refractivity contribution >= 4 is 20.2 Å². The first kappa shape index (κ1) is 16.8. The molecule has 1 saturated heterocycles. The topological polar surface area (TPSA) is 101 Å². The fourth-order valence-corrected chi connectivity index (χ4v) is 3.54. The van der Waals surface area contributed by atoms with Gasteiger partial charge in [0.2, 0.25) is 0 Å². The molecule has 114 valence electrons. The number of hydrogen-bond acceptors (Lipinski definition) is 6. The van der Waals surface area contributed by atoms with Gasteiger partial charge in [-0.15, -0.1) is 0 Å². The van der Waals surface area contributed by atoms with Gasteiger partial charge in [-0.1, -0.05) is 6.42 Å². The van der Waals surface area contributed by atoms with Gasteiger partial charge >= 0.3 is 0 Å². The summed E-state index contributed by atoms with van der Waals surface area (Å²) < 4.78 is 57.2. The normalized spacial score (nSPS) is 25.8. The summed E-state index contributed by atoms with van der Waals surface area (Å²) in [7, 11) is -5.62. The van der Waals surface area contributed by atoms with E-state index in [4.69, 9.17) is 8.74 Å². The molecule has 0 amide bonds. The van der Waals surface area contributed by atoms with Crippen LogP contribution < -0.4 is 0 Å². The van der Waals surface area contributed by atoms with Gasteiger partial charge < -0.3 is 0 Å². The quantitative estimate of drug-likeness (QED) is 0.409. The Bertz CT molecular complexity index is 486. The molecule has 1 aliphatic heterocycles. The van der Waals surface area contributed by atoms with E-state index in [2.05, 4.69) is 0 Å². The average molecular weight is 315 g/mol. The van der Waals surface area contributed by atoms with Gasteiger partial charge in [-0.25, -0.2) is 0 Å². The molecule has 0 aromatic carbocycles. The van der Waals surface area contributed by atoms with Gasteiger partial charge in [-0.3, -0.25) is 13.6 Å². The zero-order valence-corrected chi connectivity index (χ0v) is 12.8. The molecule has 0 radical (unpaired) electrons. The molecule has 19 heavy (non-hydrogen) atoms. The molecule has 0 spiro atoms. The highest BCUT2D eigenvalue weighted by Crippen LogP contribution is 2.29. The van der Waals surface area contributed by atoms with Crippen LogP contribution in [0.3, 0.4) is 0 Å². The molecule has 2 unspecified atom stereocenters. The van der Waals surface area contributed by atoms with E-state index < -0.39 is 26.5 Å². The number of unbranched alkanes of at least 4 members (excludes halogenated alkanes) is 1. The first-order valence-electron chi connectivity index (χ1n) is 6.12. The summed E-state index contributed by atoms with van der Waals surface area (Å²) in [4.78, 5) is 1.84. The van der Waals surface area contributed by atoms with Gasteiger partial charge in [-0.05, 0) is 26.3 Å². The van der Waals surface area contributed by atoms with Gasteiger partial charge in [-0.2, -0.15) is 16.8 Å². The number of rotatable bonds is 7. The van der Waals surface area contributed by atoms with Crippen LogP contribution >= 0.6 is 0 Å². The maximum atomic E-state index is 11.2. The second-order valence-corrected chi connectivity index (χ2v) is 8.17. The molecule has 1 aliphatic rings. The third kappa shape index (κ3) is 6.66. The van der Waals surface area contributed by atoms with Crippen LogP contribution in [-0.4, -0.2) is 58.1 Å². The lowest BCUT2D eigenvalue weighted by atomic mass is 10.0. The fourth-order valence-electron chi connectivity index (χ4n) is 2.31. The molecule has 7 nitrogen and oxygen atoms in total. The second-order valence-electron chi connectivity index (χ2n) is 5.00. The van der Waals surface area contributed by atoms with E-state index in [-0.39, 0.29) is 11.7 Å². The summed E-state index contributed by atoms with van der Waals surface area (Å²) in [6.45, 7) is 0.753. The Hall–Kier alpha value is -0.220. The Labute approximate surface area is 114 Å². The van der Waals surface area contributed by atoms with Crippen LogP contribution in [0.4, 0.5) is 0 Å². The monoisotopic (exact) mass is 315 g/mol. The lowest BCUT2D eigenvalue weighted by Crippen LogP contribution is -2.34. The van der Waals surface area contributed by atoms with Crippen molar-refractivity contribution in [2.45, 2.75) is 31.9 Å². The Balaban J connectivity index is 2.44. The van der Waals surface area contributed by atoms with E-state index in [1.54, 1.807) is 7.05 Å². The third-order valence-electron chi connectivity index (χ3n) is 3.19. The molecule has 9 heteroatoms. The minimum Gasteiger partial charge on any atom is -0.286 e. The van der Waals surface area contributed by atoms with E-state index in [1.807, 2.05) is 4.90 Å². The summed E-state index contributed by atoms with van der Waals surface area (Å²) in [6.07, 6.45) is 3.03. The maximum Gasteiger partial charge on any atom is 0.265 e. The lowest BCUT2D eigenvalue weighted by Gasteiger charge is -2.23. The molecule has 0 bridgehead atoms. The second kappa shape index (κ2) is 6.49. The highest BCUT2D eigenvalue weighted by Gasteiger charge is 2.34. The predicted molar refractivity (Wildman–Crippen MR) is 70.7 cm³/mol. The fraction of sp³-hybridized carbons (Fsp3) is 1.00. The number of hydrogen-bond donors (Lipinski definition) is 1. The largest absolute Gasteiger partial charge is 0.286 e. The molecule has 1 N–H and O–H groups in total. The van der Waals surface area contributed by atoms with E-state index in [0.29, 0.717) is 19.3 Å². The molecule has 2 atom stereocenters. The van der Waals surface area contributed by atoms with Crippen LogP contribution in [0.15, 0.2) is 0 Å². The van der Waals surface area contributed by atoms with Crippen LogP contribution in [0.25, 0.3) is 0 Å². The van der Waals surface area contributed by atoms with Crippen molar-refractivity contribution in [3.8, 4) is 0 Å². The van der Waals surface area contributed by atoms with E-state index in [9.17, 15) is 16.8 Å². The Morgan fingerprint density at radius 1 is 1.26 bits per heavy atom. The van der Waals surface area contributed by atoms with Crippen LogP contribution in [0, 0.1) is 5.92 Å². The van der Waals surface area contributed by atoms with Crippen molar-refractivity contribution in [1.29, 1.82) is 0 Å². The Morgan fingerprint density at radius 2 is 1.89 bits per heavy atom. The maximum absolute atomic E-state index is 11.2. The molecular formula is C10H21NO6S2. The van der Waals surface area contributed by atoms with Crippen LogP contribution in [0.2, 0.25) is 0 Å². The SMILES string of the molecule is CN1CCC(CCCCS(=O)(=O)O)C1OS(C)(=O)=O. The Kier molecular flexibility index (Phi) is 5.75. The van der Waals surface area contributed by atoms with E-state index >= 15 is 0 Å². The van der Waals surface area contributed by atoms with Crippen LogP contribution in [0.1, 0.15) is 25.7 Å². The van der Waals surface area contributed by atoms with Gasteiger partial charge in [0.15, 0.2) is 0 Å². The van der Waals surface area contributed by atoms with Crippen molar-refractivity contribution < 1.29 is 25.6 Å². The number of likely N-dealkylation sites (tertiary alicyclic amines) is 1. The zero-order valence-electron chi connectivity index (χ0n) is 11.1. The van der Waals surface area contributed by atoms with Gasteiger partial charge in [0.1, 0.15) is 6.23 Å².